The van der Waals surface area contributed by atoms with Crippen LogP contribution in [-0.2, 0) is 9.47 Å². The van der Waals surface area contributed by atoms with E-state index in [-0.39, 0.29) is 0 Å². The SMILES string of the molecule is CC(C)COCCCNC1CCOC(C)C1. The highest BCUT2D eigenvalue weighted by Crippen LogP contribution is 2.12. The average molecular weight is 229 g/mol. The van der Waals surface area contributed by atoms with Crippen molar-refractivity contribution in [2.24, 2.45) is 5.92 Å². The van der Waals surface area contributed by atoms with E-state index in [0.29, 0.717) is 18.1 Å². The molecule has 16 heavy (non-hydrogen) atoms. The zero-order valence-electron chi connectivity index (χ0n) is 11.0. The Hall–Kier alpha value is -0.120. The minimum atomic E-state index is 0.420. The van der Waals surface area contributed by atoms with Gasteiger partial charge in [-0.05, 0) is 38.6 Å². The van der Waals surface area contributed by atoms with Crippen LogP contribution in [0.15, 0.2) is 0 Å². The van der Waals surface area contributed by atoms with Gasteiger partial charge in [0.1, 0.15) is 0 Å². The summed E-state index contributed by atoms with van der Waals surface area (Å²) in [4.78, 5) is 0. The molecule has 0 radical (unpaired) electrons. The first-order valence-electron chi connectivity index (χ1n) is 6.61. The van der Waals surface area contributed by atoms with Crippen LogP contribution < -0.4 is 5.32 Å². The van der Waals surface area contributed by atoms with Crippen molar-refractivity contribution < 1.29 is 9.47 Å². The Morgan fingerprint density at radius 1 is 1.44 bits per heavy atom. The van der Waals surface area contributed by atoms with Gasteiger partial charge in [0, 0.05) is 25.9 Å². The largest absolute Gasteiger partial charge is 0.381 e. The highest BCUT2D eigenvalue weighted by atomic mass is 16.5. The van der Waals surface area contributed by atoms with Crippen molar-refractivity contribution >= 4 is 0 Å². The zero-order valence-corrected chi connectivity index (χ0v) is 11.0. The Balaban J connectivity index is 1.90. The second-order valence-corrected chi connectivity index (χ2v) is 5.18. The Morgan fingerprint density at radius 3 is 2.94 bits per heavy atom. The molecule has 1 aliphatic rings. The van der Waals surface area contributed by atoms with Crippen LogP contribution in [0.4, 0.5) is 0 Å². The minimum Gasteiger partial charge on any atom is -0.381 e. The van der Waals surface area contributed by atoms with E-state index in [0.717, 1.165) is 45.6 Å². The summed E-state index contributed by atoms with van der Waals surface area (Å²) < 4.78 is 11.1. The summed E-state index contributed by atoms with van der Waals surface area (Å²) in [5.74, 6) is 0.643. The predicted octanol–water partition coefficient (Wildman–Crippen LogP) is 2.21. The van der Waals surface area contributed by atoms with Crippen LogP contribution in [0.1, 0.15) is 40.0 Å². The smallest absolute Gasteiger partial charge is 0.0561 e. The van der Waals surface area contributed by atoms with Gasteiger partial charge in [0.2, 0.25) is 0 Å². The van der Waals surface area contributed by atoms with Gasteiger partial charge >= 0.3 is 0 Å². The first kappa shape index (κ1) is 13.9. The molecular weight excluding hydrogens is 202 g/mol. The number of nitrogens with one attached hydrogen (secondary N) is 1. The molecule has 1 heterocycles. The van der Waals surface area contributed by atoms with Crippen LogP contribution in [-0.4, -0.2) is 38.5 Å². The fourth-order valence-corrected chi connectivity index (χ4v) is 1.98. The third kappa shape index (κ3) is 6.46. The van der Waals surface area contributed by atoms with Gasteiger partial charge in [-0.15, -0.1) is 0 Å². The van der Waals surface area contributed by atoms with E-state index < -0.39 is 0 Å². The fraction of sp³-hybridized carbons (Fsp3) is 1.00. The van der Waals surface area contributed by atoms with Gasteiger partial charge in [-0.25, -0.2) is 0 Å². The summed E-state index contributed by atoms with van der Waals surface area (Å²) in [5, 5.41) is 3.58. The molecule has 1 rings (SSSR count). The van der Waals surface area contributed by atoms with E-state index in [1.165, 1.54) is 0 Å². The fourth-order valence-electron chi connectivity index (χ4n) is 1.98. The van der Waals surface area contributed by atoms with E-state index in [4.69, 9.17) is 9.47 Å². The first-order chi connectivity index (χ1) is 7.68. The van der Waals surface area contributed by atoms with Gasteiger partial charge in [-0.1, -0.05) is 13.8 Å². The number of hydrogen-bond acceptors (Lipinski definition) is 3. The maximum atomic E-state index is 5.54. The van der Waals surface area contributed by atoms with Crippen molar-refractivity contribution in [3.05, 3.63) is 0 Å². The van der Waals surface area contributed by atoms with Crippen molar-refractivity contribution in [3.63, 3.8) is 0 Å². The molecule has 0 aromatic heterocycles. The topological polar surface area (TPSA) is 30.5 Å². The monoisotopic (exact) mass is 229 g/mol. The molecule has 1 saturated heterocycles. The zero-order chi connectivity index (χ0) is 11.8. The van der Waals surface area contributed by atoms with Crippen molar-refractivity contribution in [1.29, 1.82) is 0 Å². The second kappa shape index (κ2) is 8.04. The van der Waals surface area contributed by atoms with Crippen LogP contribution in [0.25, 0.3) is 0 Å². The molecule has 1 aliphatic heterocycles. The molecule has 3 nitrogen and oxygen atoms in total. The Bertz CT molecular complexity index is 173. The molecule has 0 amide bonds. The van der Waals surface area contributed by atoms with E-state index in [9.17, 15) is 0 Å². The third-order valence-electron chi connectivity index (χ3n) is 2.83. The maximum absolute atomic E-state index is 5.54. The van der Waals surface area contributed by atoms with Crippen LogP contribution in [0, 0.1) is 5.92 Å². The lowest BCUT2D eigenvalue weighted by atomic mass is 10.0. The highest BCUT2D eigenvalue weighted by Gasteiger charge is 2.17. The number of ether oxygens (including phenoxy) is 2. The lowest BCUT2D eigenvalue weighted by molar-refractivity contribution is 0.0129. The molecule has 0 aromatic rings. The Morgan fingerprint density at radius 2 is 2.25 bits per heavy atom. The van der Waals surface area contributed by atoms with Crippen LogP contribution in [0.5, 0.6) is 0 Å². The molecule has 1 N–H and O–H groups in total. The van der Waals surface area contributed by atoms with Crippen molar-refractivity contribution in [3.8, 4) is 0 Å². The van der Waals surface area contributed by atoms with Gasteiger partial charge in [-0.3, -0.25) is 0 Å². The number of hydrogen-bond donors (Lipinski definition) is 1. The van der Waals surface area contributed by atoms with Crippen LogP contribution in [0.3, 0.4) is 0 Å². The minimum absolute atomic E-state index is 0.420. The number of rotatable bonds is 7. The van der Waals surface area contributed by atoms with Gasteiger partial charge < -0.3 is 14.8 Å². The summed E-state index contributed by atoms with van der Waals surface area (Å²) in [7, 11) is 0. The Kier molecular flexibility index (Phi) is 7.01. The van der Waals surface area contributed by atoms with Crippen molar-refractivity contribution in [2.45, 2.75) is 52.2 Å². The maximum Gasteiger partial charge on any atom is 0.0561 e. The molecule has 0 saturated carbocycles. The van der Waals surface area contributed by atoms with E-state index in [2.05, 4.69) is 26.1 Å². The van der Waals surface area contributed by atoms with Crippen molar-refractivity contribution in [1.82, 2.24) is 5.32 Å². The highest BCUT2D eigenvalue weighted by molar-refractivity contribution is 4.74. The standard InChI is InChI=1S/C13H27NO2/c1-11(2)10-15-7-4-6-14-13-5-8-16-12(3)9-13/h11-14H,4-10H2,1-3H3. The van der Waals surface area contributed by atoms with Gasteiger partial charge in [-0.2, -0.15) is 0 Å². The van der Waals surface area contributed by atoms with Gasteiger partial charge in [0.05, 0.1) is 6.10 Å². The van der Waals surface area contributed by atoms with E-state index in [1.54, 1.807) is 0 Å². The van der Waals surface area contributed by atoms with Crippen molar-refractivity contribution in [2.75, 3.05) is 26.4 Å². The lowest BCUT2D eigenvalue weighted by Gasteiger charge is -2.28. The molecule has 0 aliphatic carbocycles. The molecule has 0 bridgehead atoms. The summed E-state index contributed by atoms with van der Waals surface area (Å²) in [6.45, 7) is 10.2. The summed E-state index contributed by atoms with van der Waals surface area (Å²) in [6, 6.07) is 0.647. The average Bonchev–Trinajstić information content (AvgIpc) is 2.23. The molecule has 0 spiro atoms. The second-order valence-electron chi connectivity index (χ2n) is 5.18. The van der Waals surface area contributed by atoms with E-state index in [1.807, 2.05) is 0 Å². The van der Waals surface area contributed by atoms with Gasteiger partial charge in [0.25, 0.3) is 0 Å². The molecule has 2 unspecified atom stereocenters. The van der Waals surface area contributed by atoms with Crippen LogP contribution in [0.2, 0.25) is 0 Å². The molecular formula is C13H27NO2. The predicted molar refractivity (Wildman–Crippen MR) is 66.7 cm³/mol. The molecule has 1 fully saturated rings. The third-order valence-corrected chi connectivity index (χ3v) is 2.83. The molecule has 96 valence electrons. The normalized spacial score (nSPS) is 26.2. The summed E-state index contributed by atoms with van der Waals surface area (Å²) in [6.07, 6.45) is 3.83. The van der Waals surface area contributed by atoms with Gasteiger partial charge in [0.15, 0.2) is 0 Å². The lowest BCUT2D eigenvalue weighted by Crippen LogP contribution is -2.38. The first-order valence-corrected chi connectivity index (χ1v) is 6.61. The Labute approximate surface area is 99.9 Å². The molecule has 2 atom stereocenters. The van der Waals surface area contributed by atoms with Crippen LogP contribution >= 0.6 is 0 Å². The molecule has 0 aromatic carbocycles. The quantitative estimate of drug-likeness (QED) is 0.679. The summed E-state index contributed by atoms with van der Waals surface area (Å²) >= 11 is 0. The van der Waals surface area contributed by atoms with E-state index >= 15 is 0 Å². The summed E-state index contributed by atoms with van der Waals surface area (Å²) in [5.41, 5.74) is 0. The molecule has 3 heteroatoms.